The van der Waals surface area contributed by atoms with E-state index in [0.29, 0.717) is 12.0 Å². The molecule has 2 fully saturated rings. The Balaban J connectivity index is 1.32. The highest BCUT2D eigenvalue weighted by Gasteiger charge is 2.27. The van der Waals surface area contributed by atoms with Crippen LogP contribution in [-0.4, -0.2) is 55.3 Å². The van der Waals surface area contributed by atoms with Gasteiger partial charge in [0.05, 0.1) is 24.6 Å². The first-order valence-electron chi connectivity index (χ1n) is 10.5. The van der Waals surface area contributed by atoms with Crippen LogP contribution < -0.4 is 10.2 Å². The van der Waals surface area contributed by atoms with Gasteiger partial charge in [-0.25, -0.2) is 4.98 Å². The number of benzene rings is 1. The van der Waals surface area contributed by atoms with Crippen molar-refractivity contribution in [3.8, 4) is 0 Å². The van der Waals surface area contributed by atoms with Gasteiger partial charge in [-0.2, -0.15) is 0 Å². The molecule has 2 aromatic rings. The van der Waals surface area contributed by atoms with Gasteiger partial charge in [0, 0.05) is 32.2 Å². The maximum Gasteiger partial charge on any atom is 0.129 e. The lowest BCUT2D eigenvalue weighted by molar-refractivity contribution is 0.122. The normalized spacial score (nSPS) is 21.6. The van der Waals surface area contributed by atoms with Gasteiger partial charge in [-0.3, -0.25) is 4.90 Å². The topological polar surface area (TPSA) is 40.6 Å². The first-order chi connectivity index (χ1) is 13.7. The van der Waals surface area contributed by atoms with E-state index < -0.39 is 0 Å². The van der Waals surface area contributed by atoms with Crippen molar-refractivity contribution in [2.75, 3.05) is 49.6 Å². The molecule has 1 aromatic heterocycles. The fourth-order valence-corrected chi connectivity index (χ4v) is 4.29. The molecular weight excluding hydrogens is 348 g/mol. The van der Waals surface area contributed by atoms with E-state index in [1.54, 1.807) is 0 Å². The molecule has 2 saturated heterocycles. The molecule has 0 saturated carbocycles. The number of likely N-dealkylation sites (tertiary alicyclic amines) is 1. The third kappa shape index (κ3) is 4.65. The molecular formula is C23H32N4O. The van der Waals surface area contributed by atoms with Gasteiger partial charge in [-0.15, -0.1) is 0 Å². The van der Waals surface area contributed by atoms with Crippen molar-refractivity contribution in [1.82, 2.24) is 9.88 Å². The van der Waals surface area contributed by atoms with Crippen molar-refractivity contribution in [1.29, 1.82) is 0 Å². The van der Waals surface area contributed by atoms with Crippen LogP contribution in [0.3, 0.4) is 0 Å². The molecule has 3 heterocycles. The van der Waals surface area contributed by atoms with Gasteiger partial charge in [0.1, 0.15) is 5.82 Å². The van der Waals surface area contributed by atoms with E-state index in [4.69, 9.17) is 9.72 Å². The Morgan fingerprint density at radius 2 is 1.89 bits per heavy atom. The van der Waals surface area contributed by atoms with E-state index in [-0.39, 0.29) is 0 Å². The summed E-state index contributed by atoms with van der Waals surface area (Å²) in [6.07, 6.45) is 1.25. The summed E-state index contributed by atoms with van der Waals surface area (Å²) >= 11 is 0. The fourth-order valence-electron chi connectivity index (χ4n) is 4.29. The average Bonchev–Trinajstić information content (AvgIpc) is 3.19. The molecule has 1 aromatic carbocycles. The molecule has 2 aliphatic heterocycles. The maximum absolute atomic E-state index is 5.45. The summed E-state index contributed by atoms with van der Waals surface area (Å²) in [6.45, 7) is 11.2. The third-order valence-electron chi connectivity index (χ3n) is 6.05. The summed E-state index contributed by atoms with van der Waals surface area (Å²) in [5.74, 6) is 1.73. The number of hydrogen-bond acceptors (Lipinski definition) is 5. The molecule has 0 spiro atoms. The summed E-state index contributed by atoms with van der Waals surface area (Å²) in [5.41, 5.74) is 3.64. The quantitative estimate of drug-likeness (QED) is 0.830. The van der Waals surface area contributed by atoms with Gasteiger partial charge >= 0.3 is 0 Å². The van der Waals surface area contributed by atoms with Crippen molar-refractivity contribution in [3.63, 3.8) is 0 Å². The molecule has 5 nitrogen and oxygen atoms in total. The van der Waals surface area contributed by atoms with Crippen molar-refractivity contribution in [3.05, 3.63) is 53.7 Å². The molecule has 0 amide bonds. The molecule has 150 valence electrons. The lowest BCUT2D eigenvalue weighted by Gasteiger charge is -2.29. The zero-order valence-corrected chi connectivity index (χ0v) is 17.1. The standard InChI is InChI=1S/C23H32N4O/c1-18(21-10-11-26(17-21)16-20-6-4-3-5-7-20)24-22-8-9-23(25-19(22)2)27-12-14-28-15-13-27/h3-9,18,21,24H,10-17H2,1-2H3/t18-,21+/m1/s1. The van der Waals surface area contributed by atoms with Crippen LogP contribution in [0.25, 0.3) is 0 Å². The number of anilines is 2. The van der Waals surface area contributed by atoms with Crippen LogP contribution in [0.4, 0.5) is 11.5 Å². The molecule has 0 bridgehead atoms. The summed E-state index contributed by atoms with van der Waals surface area (Å²) in [6, 6.07) is 15.6. The molecule has 0 aliphatic carbocycles. The molecule has 28 heavy (non-hydrogen) atoms. The molecule has 0 unspecified atom stereocenters. The number of nitrogens with one attached hydrogen (secondary N) is 1. The van der Waals surface area contributed by atoms with Crippen LogP contribution in [0, 0.1) is 12.8 Å². The number of hydrogen-bond donors (Lipinski definition) is 1. The number of rotatable bonds is 6. The van der Waals surface area contributed by atoms with E-state index in [0.717, 1.165) is 56.6 Å². The van der Waals surface area contributed by atoms with Crippen LogP contribution in [0.2, 0.25) is 0 Å². The van der Waals surface area contributed by atoms with Gasteiger partial charge < -0.3 is 15.0 Å². The molecule has 0 radical (unpaired) electrons. The van der Waals surface area contributed by atoms with E-state index in [9.17, 15) is 0 Å². The Morgan fingerprint density at radius 3 is 2.64 bits per heavy atom. The highest BCUT2D eigenvalue weighted by molar-refractivity contribution is 5.54. The number of aromatic nitrogens is 1. The van der Waals surface area contributed by atoms with Gasteiger partial charge in [0.25, 0.3) is 0 Å². The summed E-state index contributed by atoms with van der Waals surface area (Å²) in [7, 11) is 0. The van der Waals surface area contributed by atoms with E-state index in [2.05, 4.69) is 71.4 Å². The minimum Gasteiger partial charge on any atom is -0.381 e. The van der Waals surface area contributed by atoms with Crippen LogP contribution in [-0.2, 0) is 11.3 Å². The number of morpholine rings is 1. The van der Waals surface area contributed by atoms with Crippen molar-refractivity contribution >= 4 is 11.5 Å². The van der Waals surface area contributed by atoms with E-state index in [1.165, 1.54) is 18.5 Å². The monoisotopic (exact) mass is 380 g/mol. The minimum atomic E-state index is 0.440. The van der Waals surface area contributed by atoms with E-state index >= 15 is 0 Å². The fraction of sp³-hybridized carbons (Fsp3) is 0.522. The lowest BCUT2D eigenvalue weighted by Crippen LogP contribution is -2.36. The highest BCUT2D eigenvalue weighted by atomic mass is 16.5. The Kier molecular flexibility index (Phi) is 6.13. The Hall–Kier alpha value is -2.11. The zero-order chi connectivity index (χ0) is 19.3. The number of aryl methyl sites for hydroxylation is 1. The molecule has 2 atom stereocenters. The Morgan fingerprint density at radius 1 is 1.11 bits per heavy atom. The predicted octanol–water partition coefficient (Wildman–Crippen LogP) is 3.55. The van der Waals surface area contributed by atoms with Crippen LogP contribution in [0.5, 0.6) is 0 Å². The summed E-state index contributed by atoms with van der Waals surface area (Å²) in [5, 5.41) is 3.73. The van der Waals surface area contributed by atoms with Crippen LogP contribution in [0.15, 0.2) is 42.5 Å². The third-order valence-corrected chi connectivity index (χ3v) is 6.05. The van der Waals surface area contributed by atoms with Gasteiger partial charge in [0.15, 0.2) is 0 Å². The number of pyridine rings is 1. The smallest absolute Gasteiger partial charge is 0.129 e. The largest absolute Gasteiger partial charge is 0.381 e. The summed E-state index contributed by atoms with van der Waals surface area (Å²) in [4.78, 5) is 9.73. The lowest BCUT2D eigenvalue weighted by atomic mass is 10.00. The predicted molar refractivity (Wildman–Crippen MR) is 115 cm³/mol. The van der Waals surface area contributed by atoms with Gasteiger partial charge in [-0.1, -0.05) is 30.3 Å². The first-order valence-corrected chi connectivity index (χ1v) is 10.5. The van der Waals surface area contributed by atoms with Crippen molar-refractivity contribution in [2.24, 2.45) is 5.92 Å². The van der Waals surface area contributed by atoms with E-state index in [1.807, 2.05) is 0 Å². The molecule has 5 heteroatoms. The second kappa shape index (κ2) is 8.93. The Bertz CT molecular complexity index is 760. The zero-order valence-electron chi connectivity index (χ0n) is 17.1. The highest BCUT2D eigenvalue weighted by Crippen LogP contribution is 2.26. The van der Waals surface area contributed by atoms with Gasteiger partial charge in [-0.05, 0) is 50.4 Å². The van der Waals surface area contributed by atoms with Crippen LogP contribution >= 0.6 is 0 Å². The minimum absolute atomic E-state index is 0.440. The summed E-state index contributed by atoms with van der Waals surface area (Å²) < 4.78 is 5.45. The second-order valence-corrected chi connectivity index (χ2v) is 8.10. The number of ether oxygens (including phenoxy) is 1. The Labute approximate surface area is 168 Å². The maximum atomic E-state index is 5.45. The number of nitrogens with zero attached hydrogens (tertiary/aromatic N) is 3. The molecule has 2 aliphatic rings. The first kappa shape index (κ1) is 19.2. The molecule has 4 rings (SSSR count). The average molecular weight is 381 g/mol. The van der Waals surface area contributed by atoms with Crippen LogP contribution in [0.1, 0.15) is 24.6 Å². The van der Waals surface area contributed by atoms with Gasteiger partial charge in [0.2, 0.25) is 0 Å². The molecule has 1 N–H and O–H groups in total. The SMILES string of the molecule is Cc1nc(N2CCOCC2)ccc1N[C@H](C)[C@H]1CCN(Cc2ccccc2)C1. The van der Waals surface area contributed by atoms with Crippen molar-refractivity contribution < 1.29 is 4.74 Å². The van der Waals surface area contributed by atoms with Crippen molar-refractivity contribution in [2.45, 2.75) is 32.9 Å². The second-order valence-electron chi connectivity index (χ2n) is 8.10.